The van der Waals surface area contributed by atoms with E-state index in [-0.39, 0.29) is 29.5 Å². The molecule has 0 bridgehead atoms. The topological polar surface area (TPSA) is 46.5 Å². The molecule has 2 fully saturated rings. The van der Waals surface area contributed by atoms with Gasteiger partial charge in [-0.3, -0.25) is 4.79 Å². The Morgan fingerprint density at radius 1 is 1.40 bits per heavy atom. The van der Waals surface area contributed by atoms with E-state index >= 15 is 0 Å². The zero-order valence-corrected chi connectivity index (χ0v) is 9.53. The van der Waals surface area contributed by atoms with Crippen molar-refractivity contribution in [2.24, 2.45) is 11.3 Å². The van der Waals surface area contributed by atoms with E-state index in [1.165, 1.54) is 0 Å². The second-order valence-corrected chi connectivity index (χ2v) is 5.26. The first-order chi connectivity index (χ1) is 7.06. The molecule has 1 spiro atoms. The third-order valence-corrected chi connectivity index (χ3v) is 4.02. The minimum atomic E-state index is -0.254. The van der Waals surface area contributed by atoms with Crippen molar-refractivity contribution >= 4 is 5.97 Å². The summed E-state index contributed by atoms with van der Waals surface area (Å²) < 4.78 is 5.50. The number of carbonyl (C=O) groups excluding carboxylic acids is 1. The minimum Gasteiger partial charge on any atom is -0.461 e. The van der Waals surface area contributed by atoms with Crippen LogP contribution >= 0.6 is 0 Å². The Morgan fingerprint density at radius 2 is 2.07 bits per heavy atom. The van der Waals surface area contributed by atoms with Gasteiger partial charge in [-0.2, -0.15) is 0 Å². The number of hydrogen-bond acceptors (Lipinski definition) is 3. The van der Waals surface area contributed by atoms with Gasteiger partial charge in [0.25, 0.3) is 0 Å². The van der Waals surface area contributed by atoms with Gasteiger partial charge in [0, 0.05) is 5.41 Å². The second-order valence-electron chi connectivity index (χ2n) is 5.26. The number of esters is 1. The number of rotatable bonds is 2. The van der Waals surface area contributed by atoms with Crippen molar-refractivity contribution in [3.8, 4) is 0 Å². The predicted octanol–water partition coefficient (Wildman–Crippen LogP) is 1.88. The van der Waals surface area contributed by atoms with Crippen molar-refractivity contribution in [2.45, 2.75) is 58.2 Å². The van der Waals surface area contributed by atoms with Gasteiger partial charge < -0.3 is 9.84 Å². The number of hydrogen-bond donors (Lipinski definition) is 1. The van der Waals surface area contributed by atoms with Crippen LogP contribution in [0.2, 0.25) is 0 Å². The van der Waals surface area contributed by atoms with E-state index in [2.05, 4.69) is 0 Å². The van der Waals surface area contributed by atoms with Crippen molar-refractivity contribution < 1.29 is 14.6 Å². The Bertz CT molecular complexity index is 256. The number of aliphatic hydroxyl groups is 1. The highest BCUT2D eigenvalue weighted by Gasteiger charge is 2.55. The Kier molecular flexibility index (Phi) is 2.75. The first kappa shape index (κ1) is 10.9. The molecule has 2 aliphatic carbocycles. The molecular weight excluding hydrogens is 192 g/mol. The summed E-state index contributed by atoms with van der Waals surface area (Å²) in [5.41, 5.74) is -0.0788. The molecule has 2 rings (SSSR count). The van der Waals surface area contributed by atoms with Crippen LogP contribution in [0.25, 0.3) is 0 Å². The lowest BCUT2D eigenvalue weighted by Gasteiger charge is -2.45. The van der Waals surface area contributed by atoms with E-state index < -0.39 is 0 Å². The molecular formula is C12H20O3. The molecule has 0 aromatic heterocycles. The zero-order valence-electron chi connectivity index (χ0n) is 9.53. The molecule has 3 nitrogen and oxygen atoms in total. The fourth-order valence-corrected chi connectivity index (χ4v) is 2.79. The summed E-state index contributed by atoms with van der Waals surface area (Å²) in [6.45, 7) is 3.70. The molecule has 0 unspecified atom stereocenters. The largest absolute Gasteiger partial charge is 0.461 e. The molecule has 3 heteroatoms. The lowest BCUT2D eigenvalue weighted by Crippen LogP contribution is -2.46. The molecule has 0 saturated heterocycles. The highest BCUT2D eigenvalue weighted by Crippen LogP contribution is 2.54. The van der Waals surface area contributed by atoms with Crippen LogP contribution in [0.4, 0.5) is 0 Å². The molecule has 0 heterocycles. The highest BCUT2D eigenvalue weighted by molar-refractivity contribution is 5.71. The monoisotopic (exact) mass is 212 g/mol. The lowest BCUT2D eigenvalue weighted by molar-refractivity contribution is -0.167. The van der Waals surface area contributed by atoms with Crippen molar-refractivity contribution in [3.05, 3.63) is 0 Å². The van der Waals surface area contributed by atoms with E-state index in [0.29, 0.717) is 0 Å². The molecule has 2 saturated carbocycles. The van der Waals surface area contributed by atoms with Crippen LogP contribution in [0.15, 0.2) is 0 Å². The Labute approximate surface area is 90.8 Å². The van der Waals surface area contributed by atoms with Crippen LogP contribution < -0.4 is 0 Å². The van der Waals surface area contributed by atoms with Crippen LogP contribution in [0.5, 0.6) is 0 Å². The van der Waals surface area contributed by atoms with Gasteiger partial charge in [-0.15, -0.1) is 0 Å². The lowest BCUT2D eigenvalue weighted by atomic mass is 9.65. The smallest absolute Gasteiger partial charge is 0.308 e. The zero-order chi connectivity index (χ0) is 11.1. The van der Waals surface area contributed by atoms with E-state index in [0.717, 1.165) is 32.1 Å². The Balaban J connectivity index is 2.01. The summed E-state index contributed by atoms with van der Waals surface area (Å²) in [6, 6.07) is 0. The molecule has 0 amide bonds. The fraction of sp³-hybridized carbons (Fsp3) is 0.917. The number of carbonyl (C=O) groups is 1. The normalized spacial score (nSPS) is 33.1. The quantitative estimate of drug-likeness (QED) is 0.711. The van der Waals surface area contributed by atoms with Gasteiger partial charge in [0.2, 0.25) is 0 Å². The van der Waals surface area contributed by atoms with E-state index in [9.17, 15) is 9.90 Å². The molecule has 1 N–H and O–H groups in total. The summed E-state index contributed by atoms with van der Waals surface area (Å²) in [6.07, 6.45) is 4.53. The van der Waals surface area contributed by atoms with Gasteiger partial charge in [-0.1, -0.05) is 20.3 Å². The van der Waals surface area contributed by atoms with Crippen molar-refractivity contribution in [1.82, 2.24) is 0 Å². The van der Waals surface area contributed by atoms with E-state index in [1.807, 2.05) is 13.8 Å². The maximum absolute atomic E-state index is 11.5. The van der Waals surface area contributed by atoms with Gasteiger partial charge in [-0.25, -0.2) is 0 Å². The first-order valence-corrected chi connectivity index (χ1v) is 5.95. The first-order valence-electron chi connectivity index (χ1n) is 5.95. The van der Waals surface area contributed by atoms with Crippen LogP contribution in [0, 0.1) is 11.3 Å². The molecule has 2 atom stereocenters. The average molecular weight is 212 g/mol. The van der Waals surface area contributed by atoms with E-state index in [4.69, 9.17) is 4.74 Å². The van der Waals surface area contributed by atoms with Gasteiger partial charge in [0.05, 0.1) is 12.0 Å². The van der Waals surface area contributed by atoms with E-state index in [1.54, 1.807) is 0 Å². The Morgan fingerprint density at radius 3 is 2.53 bits per heavy atom. The van der Waals surface area contributed by atoms with Crippen molar-refractivity contribution in [2.75, 3.05) is 0 Å². The molecule has 0 radical (unpaired) electrons. The van der Waals surface area contributed by atoms with Crippen LogP contribution in [-0.2, 0) is 9.53 Å². The number of aliphatic hydroxyl groups excluding tert-OH is 1. The second kappa shape index (κ2) is 3.78. The van der Waals surface area contributed by atoms with Gasteiger partial charge in [0.15, 0.2) is 0 Å². The van der Waals surface area contributed by atoms with Crippen LogP contribution in [-0.4, -0.2) is 23.3 Å². The SMILES string of the molecule is CC(C)C(=O)O[C@H]1CC[C@@H](O)C12CCC2. The molecule has 2 aliphatic rings. The van der Waals surface area contributed by atoms with Gasteiger partial charge in [0.1, 0.15) is 6.10 Å². The molecule has 0 aromatic rings. The Hall–Kier alpha value is -0.570. The third-order valence-electron chi connectivity index (χ3n) is 4.02. The van der Waals surface area contributed by atoms with Crippen LogP contribution in [0.3, 0.4) is 0 Å². The predicted molar refractivity (Wildman–Crippen MR) is 56.2 cm³/mol. The highest BCUT2D eigenvalue weighted by atomic mass is 16.5. The summed E-state index contributed by atoms with van der Waals surface area (Å²) in [4.78, 5) is 11.5. The van der Waals surface area contributed by atoms with Crippen molar-refractivity contribution in [3.63, 3.8) is 0 Å². The fourth-order valence-electron chi connectivity index (χ4n) is 2.79. The van der Waals surface area contributed by atoms with Gasteiger partial charge in [-0.05, 0) is 25.7 Å². The summed E-state index contributed by atoms with van der Waals surface area (Å²) in [5.74, 6) is -0.194. The third kappa shape index (κ3) is 1.67. The molecule has 0 aliphatic heterocycles. The number of ether oxygens (including phenoxy) is 1. The molecule has 15 heavy (non-hydrogen) atoms. The maximum Gasteiger partial charge on any atom is 0.308 e. The minimum absolute atomic E-state index is 0.0313. The molecule has 0 aromatic carbocycles. The van der Waals surface area contributed by atoms with Crippen molar-refractivity contribution in [1.29, 1.82) is 0 Å². The summed E-state index contributed by atoms with van der Waals surface area (Å²) in [5, 5.41) is 9.93. The average Bonchev–Trinajstić information content (AvgIpc) is 2.42. The maximum atomic E-state index is 11.5. The summed E-state index contributed by atoms with van der Waals surface area (Å²) >= 11 is 0. The molecule has 86 valence electrons. The van der Waals surface area contributed by atoms with Crippen LogP contribution in [0.1, 0.15) is 46.0 Å². The summed E-state index contributed by atoms with van der Waals surface area (Å²) in [7, 11) is 0. The van der Waals surface area contributed by atoms with Gasteiger partial charge >= 0.3 is 5.97 Å². The standard InChI is InChI=1S/C12H20O3/c1-8(2)11(14)15-10-5-4-9(13)12(10)6-3-7-12/h8-10,13H,3-7H2,1-2H3/t9-,10+/m1/s1.